The molecule has 2 rings (SSSR count). The molecule has 0 radical (unpaired) electrons. The zero-order chi connectivity index (χ0) is 14.5. The first-order valence-electron chi connectivity index (χ1n) is 6.78. The summed E-state index contributed by atoms with van der Waals surface area (Å²) in [6, 6.07) is 17.0. The third kappa shape index (κ3) is 3.85. The van der Waals surface area contributed by atoms with E-state index in [1.54, 1.807) is 0 Å². The zero-order valence-corrected chi connectivity index (χ0v) is 14.1. The maximum absolute atomic E-state index is 6.32. The van der Waals surface area contributed by atoms with E-state index < -0.39 is 0 Å². The number of rotatable bonds is 5. The minimum Gasteiger partial charge on any atom is -0.316 e. The number of benzene rings is 2. The summed E-state index contributed by atoms with van der Waals surface area (Å²) < 4.78 is 1.02. The molecule has 0 saturated carbocycles. The Hall–Kier alpha value is -0.830. The van der Waals surface area contributed by atoms with Gasteiger partial charge in [0.15, 0.2) is 0 Å². The van der Waals surface area contributed by atoms with Gasteiger partial charge in [-0.25, -0.2) is 0 Å². The SMILES string of the molecule is CNC(Cc1ccc(Br)cc1Cl)C(C)c1ccccc1. The van der Waals surface area contributed by atoms with Gasteiger partial charge in [-0.2, -0.15) is 0 Å². The van der Waals surface area contributed by atoms with E-state index in [0.717, 1.165) is 15.9 Å². The second-order valence-corrected chi connectivity index (χ2v) is 6.36. The average molecular weight is 353 g/mol. The fourth-order valence-corrected chi connectivity index (χ4v) is 3.19. The summed E-state index contributed by atoms with van der Waals surface area (Å²) in [5.41, 5.74) is 2.53. The molecule has 0 aliphatic carbocycles. The molecule has 106 valence electrons. The quantitative estimate of drug-likeness (QED) is 0.795. The first-order valence-corrected chi connectivity index (χ1v) is 7.95. The summed E-state index contributed by atoms with van der Waals surface area (Å²) in [7, 11) is 2.01. The lowest BCUT2D eigenvalue weighted by molar-refractivity contribution is 0.483. The van der Waals surface area contributed by atoms with Crippen LogP contribution in [0.1, 0.15) is 24.0 Å². The average Bonchev–Trinajstić information content (AvgIpc) is 2.47. The van der Waals surface area contributed by atoms with Crippen molar-refractivity contribution in [1.29, 1.82) is 0 Å². The lowest BCUT2D eigenvalue weighted by atomic mass is 9.89. The second kappa shape index (κ2) is 7.26. The van der Waals surface area contributed by atoms with Crippen LogP contribution in [0.5, 0.6) is 0 Å². The van der Waals surface area contributed by atoms with E-state index in [4.69, 9.17) is 11.6 Å². The highest BCUT2D eigenvalue weighted by molar-refractivity contribution is 9.10. The molecule has 0 bridgehead atoms. The van der Waals surface area contributed by atoms with Crippen LogP contribution in [0.25, 0.3) is 0 Å². The van der Waals surface area contributed by atoms with E-state index >= 15 is 0 Å². The van der Waals surface area contributed by atoms with Crippen molar-refractivity contribution in [3.05, 3.63) is 69.2 Å². The van der Waals surface area contributed by atoms with Crippen LogP contribution in [0, 0.1) is 0 Å². The molecule has 0 fully saturated rings. The van der Waals surface area contributed by atoms with Gasteiger partial charge in [-0.15, -0.1) is 0 Å². The Balaban J connectivity index is 2.16. The van der Waals surface area contributed by atoms with Gasteiger partial charge < -0.3 is 5.32 Å². The molecule has 0 heterocycles. The van der Waals surface area contributed by atoms with Gasteiger partial charge in [-0.3, -0.25) is 0 Å². The Labute approximate surface area is 134 Å². The summed E-state index contributed by atoms with van der Waals surface area (Å²) in [5.74, 6) is 0.431. The Kier molecular flexibility index (Phi) is 5.64. The summed E-state index contributed by atoms with van der Waals surface area (Å²) >= 11 is 9.77. The minimum atomic E-state index is 0.357. The molecule has 2 aromatic rings. The van der Waals surface area contributed by atoms with Crippen molar-refractivity contribution in [1.82, 2.24) is 5.32 Å². The number of likely N-dealkylation sites (N-methyl/N-ethyl adjacent to an activating group) is 1. The number of halogens is 2. The standard InChI is InChI=1S/C17H19BrClN/c1-12(13-6-4-3-5-7-13)17(20-2)10-14-8-9-15(18)11-16(14)19/h3-9,11-12,17,20H,10H2,1-2H3. The summed E-state index contributed by atoms with van der Waals surface area (Å²) in [6.07, 6.45) is 0.915. The van der Waals surface area contributed by atoms with Gasteiger partial charge in [-0.1, -0.05) is 70.9 Å². The zero-order valence-electron chi connectivity index (χ0n) is 11.7. The van der Waals surface area contributed by atoms with Crippen LogP contribution < -0.4 is 5.32 Å². The highest BCUT2D eigenvalue weighted by Crippen LogP contribution is 2.26. The molecule has 3 heteroatoms. The maximum Gasteiger partial charge on any atom is 0.0449 e. The smallest absolute Gasteiger partial charge is 0.0449 e. The molecule has 1 nitrogen and oxygen atoms in total. The molecule has 0 spiro atoms. The van der Waals surface area contributed by atoms with E-state index in [1.807, 2.05) is 19.2 Å². The van der Waals surface area contributed by atoms with Crippen molar-refractivity contribution in [2.24, 2.45) is 0 Å². The molecule has 2 atom stereocenters. The lowest BCUT2D eigenvalue weighted by Crippen LogP contribution is -2.33. The molecule has 0 amide bonds. The molecule has 0 aliphatic rings. The normalized spacial score (nSPS) is 14.0. The van der Waals surface area contributed by atoms with E-state index in [2.05, 4.69) is 64.6 Å². The van der Waals surface area contributed by atoms with Crippen molar-refractivity contribution in [3.8, 4) is 0 Å². The molecule has 0 aliphatic heterocycles. The summed E-state index contributed by atoms with van der Waals surface area (Å²) in [5, 5.41) is 4.24. The van der Waals surface area contributed by atoms with Gasteiger partial charge in [0.25, 0.3) is 0 Å². The molecule has 2 unspecified atom stereocenters. The Morgan fingerprint density at radius 2 is 1.85 bits per heavy atom. The summed E-state index contributed by atoms with van der Waals surface area (Å²) in [4.78, 5) is 0. The van der Waals surface area contributed by atoms with Gasteiger partial charge in [0, 0.05) is 15.5 Å². The Morgan fingerprint density at radius 1 is 1.15 bits per heavy atom. The molecule has 20 heavy (non-hydrogen) atoms. The van der Waals surface area contributed by atoms with Crippen LogP contribution in [0.4, 0.5) is 0 Å². The lowest BCUT2D eigenvalue weighted by Gasteiger charge is -2.24. The Bertz CT molecular complexity index is 556. The molecular formula is C17H19BrClN. The predicted octanol–water partition coefficient (Wildman–Crippen LogP) is 5.04. The minimum absolute atomic E-state index is 0.357. The third-order valence-corrected chi connectivity index (χ3v) is 4.60. The van der Waals surface area contributed by atoms with Crippen LogP contribution in [0.15, 0.2) is 53.0 Å². The fourth-order valence-electron chi connectivity index (χ4n) is 2.44. The highest BCUT2D eigenvalue weighted by atomic mass is 79.9. The number of hydrogen-bond acceptors (Lipinski definition) is 1. The number of hydrogen-bond donors (Lipinski definition) is 1. The topological polar surface area (TPSA) is 12.0 Å². The van der Waals surface area contributed by atoms with Crippen LogP contribution in [-0.4, -0.2) is 13.1 Å². The van der Waals surface area contributed by atoms with Gasteiger partial charge >= 0.3 is 0 Å². The maximum atomic E-state index is 6.32. The van der Waals surface area contributed by atoms with Crippen LogP contribution in [0.2, 0.25) is 5.02 Å². The van der Waals surface area contributed by atoms with Gasteiger partial charge in [0.2, 0.25) is 0 Å². The highest BCUT2D eigenvalue weighted by Gasteiger charge is 2.18. The van der Waals surface area contributed by atoms with Crippen molar-refractivity contribution in [2.75, 3.05) is 7.05 Å². The third-order valence-electron chi connectivity index (χ3n) is 3.75. The van der Waals surface area contributed by atoms with Crippen molar-refractivity contribution >= 4 is 27.5 Å². The molecule has 0 saturated heterocycles. The van der Waals surface area contributed by atoms with Gasteiger partial charge in [0.1, 0.15) is 0 Å². The van der Waals surface area contributed by atoms with Crippen molar-refractivity contribution in [3.63, 3.8) is 0 Å². The molecule has 1 N–H and O–H groups in total. The molecule has 2 aromatic carbocycles. The van der Waals surface area contributed by atoms with E-state index in [9.17, 15) is 0 Å². The Morgan fingerprint density at radius 3 is 2.45 bits per heavy atom. The van der Waals surface area contributed by atoms with Gasteiger partial charge in [0.05, 0.1) is 0 Å². The van der Waals surface area contributed by atoms with E-state index in [1.165, 1.54) is 11.1 Å². The van der Waals surface area contributed by atoms with Crippen molar-refractivity contribution < 1.29 is 0 Å². The first-order chi connectivity index (χ1) is 9.61. The van der Waals surface area contributed by atoms with E-state index in [-0.39, 0.29) is 0 Å². The molecular weight excluding hydrogens is 334 g/mol. The van der Waals surface area contributed by atoms with E-state index in [0.29, 0.717) is 12.0 Å². The van der Waals surface area contributed by atoms with Crippen LogP contribution in [0.3, 0.4) is 0 Å². The van der Waals surface area contributed by atoms with Gasteiger partial charge in [-0.05, 0) is 42.6 Å². The summed E-state index contributed by atoms with van der Waals surface area (Å²) in [6.45, 7) is 2.25. The second-order valence-electron chi connectivity index (χ2n) is 5.03. The first kappa shape index (κ1) is 15.6. The van der Waals surface area contributed by atoms with Crippen LogP contribution >= 0.6 is 27.5 Å². The monoisotopic (exact) mass is 351 g/mol. The van der Waals surface area contributed by atoms with Crippen molar-refractivity contribution in [2.45, 2.75) is 25.3 Å². The van der Waals surface area contributed by atoms with Crippen LogP contribution in [-0.2, 0) is 6.42 Å². The predicted molar refractivity (Wildman–Crippen MR) is 90.6 cm³/mol. The molecule has 0 aromatic heterocycles. The fraction of sp³-hybridized carbons (Fsp3) is 0.294. The number of nitrogens with one attached hydrogen (secondary N) is 1. The largest absolute Gasteiger partial charge is 0.316 e.